The van der Waals surface area contributed by atoms with Crippen molar-refractivity contribution in [2.24, 2.45) is 5.92 Å². The van der Waals surface area contributed by atoms with Crippen LogP contribution < -0.4 is 24.8 Å². The minimum absolute atomic E-state index is 0.0589. The number of nitrogens with one attached hydrogen (secondary N) is 2. The summed E-state index contributed by atoms with van der Waals surface area (Å²) in [7, 11) is 4.81. The maximum Gasteiger partial charge on any atom is 0.407 e. The van der Waals surface area contributed by atoms with Crippen LogP contribution in [-0.4, -0.2) is 83.2 Å². The van der Waals surface area contributed by atoms with Crippen LogP contribution in [0.4, 0.5) is 4.79 Å². The molecule has 0 spiro atoms. The number of ether oxygens (including phenoxy) is 5. The molecular weight excluding hydrogens is 502 g/mol. The van der Waals surface area contributed by atoms with Crippen molar-refractivity contribution in [2.45, 2.75) is 39.0 Å². The molecule has 10 heteroatoms. The summed E-state index contributed by atoms with van der Waals surface area (Å²) in [5.41, 5.74) is 1.36. The smallest absolute Gasteiger partial charge is 0.407 e. The summed E-state index contributed by atoms with van der Waals surface area (Å²) < 4.78 is 27.5. The molecule has 39 heavy (non-hydrogen) atoms. The van der Waals surface area contributed by atoms with E-state index in [-0.39, 0.29) is 30.5 Å². The number of carbonyl (C=O) groups excluding carboxylic acids is 2. The minimum atomic E-state index is -0.507. The number of hydrogen-bond acceptors (Lipinski definition) is 8. The quantitative estimate of drug-likeness (QED) is 0.349. The van der Waals surface area contributed by atoms with E-state index in [2.05, 4.69) is 10.6 Å². The summed E-state index contributed by atoms with van der Waals surface area (Å²) in [6.07, 6.45) is -0.155. The lowest BCUT2D eigenvalue weighted by atomic mass is 10.0. The fourth-order valence-electron chi connectivity index (χ4n) is 4.48. The number of hydrogen-bond donors (Lipinski definition) is 2. The molecule has 1 fully saturated rings. The van der Waals surface area contributed by atoms with Gasteiger partial charge in [0, 0.05) is 69.4 Å². The summed E-state index contributed by atoms with van der Waals surface area (Å²) in [5, 5.41) is 6.10. The number of amides is 2. The maximum absolute atomic E-state index is 13.6. The third kappa shape index (κ3) is 8.49. The molecule has 10 nitrogen and oxygen atoms in total. The Morgan fingerprint density at radius 1 is 1.00 bits per heavy atom. The average molecular weight is 544 g/mol. The highest BCUT2D eigenvalue weighted by atomic mass is 16.6. The second kappa shape index (κ2) is 15.2. The molecule has 2 N–H and O–H groups in total. The molecule has 214 valence electrons. The topological polar surface area (TPSA) is 108 Å². The molecule has 2 amide bonds. The first kappa shape index (κ1) is 30.0. The highest BCUT2D eigenvalue weighted by molar-refractivity contribution is 5.95. The van der Waals surface area contributed by atoms with Crippen molar-refractivity contribution in [1.29, 1.82) is 0 Å². The predicted molar refractivity (Wildman–Crippen MR) is 148 cm³/mol. The van der Waals surface area contributed by atoms with E-state index in [9.17, 15) is 9.59 Å². The number of nitrogens with zero attached hydrogens (tertiary/aromatic N) is 1. The third-order valence-electron chi connectivity index (χ3n) is 6.63. The number of rotatable bonds is 14. The Morgan fingerprint density at radius 2 is 1.77 bits per heavy atom. The predicted octanol–water partition coefficient (Wildman–Crippen LogP) is 3.48. The van der Waals surface area contributed by atoms with E-state index in [1.165, 1.54) is 0 Å². The summed E-state index contributed by atoms with van der Waals surface area (Å²) in [5.74, 6) is 1.59. The van der Waals surface area contributed by atoms with Gasteiger partial charge >= 0.3 is 6.09 Å². The largest absolute Gasteiger partial charge is 0.496 e. The molecule has 0 saturated carbocycles. The number of methoxy groups -OCH3 is 3. The van der Waals surface area contributed by atoms with Crippen molar-refractivity contribution < 1.29 is 33.3 Å². The van der Waals surface area contributed by atoms with Gasteiger partial charge in [-0.15, -0.1) is 0 Å². The van der Waals surface area contributed by atoms with Gasteiger partial charge in [0.2, 0.25) is 0 Å². The van der Waals surface area contributed by atoms with Crippen LogP contribution in [0.5, 0.6) is 17.2 Å². The Hall–Kier alpha value is -3.50. The Balaban J connectivity index is 1.63. The fraction of sp³-hybridized carbons (Fsp3) is 0.517. The van der Waals surface area contributed by atoms with Gasteiger partial charge in [-0.2, -0.15) is 0 Å². The fourth-order valence-corrected chi connectivity index (χ4v) is 4.48. The molecule has 0 aliphatic carbocycles. The Kier molecular flexibility index (Phi) is 11.7. The lowest BCUT2D eigenvalue weighted by molar-refractivity contribution is 0.0521. The highest BCUT2D eigenvalue weighted by Crippen LogP contribution is 2.29. The van der Waals surface area contributed by atoms with E-state index in [4.69, 9.17) is 23.7 Å². The summed E-state index contributed by atoms with van der Waals surface area (Å²) in [4.78, 5) is 28.0. The molecule has 1 heterocycles. The van der Waals surface area contributed by atoms with Gasteiger partial charge in [0.1, 0.15) is 11.9 Å². The molecular formula is C29H41N3O7. The van der Waals surface area contributed by atoms with Crippen LogP contribution in [-0.2, 0) is 16.0 Å². The first-order valence-electron chi connectivity index (χ1n) is 13.3. The molecule has 1 saturated heterocycles. The summed E-state index contributed by atoms with van der Waals surface area (Å²) in [6.45, 7) is 6.86. The molecule has 3 rings (SSSR count). The van der Waals surface area contributed by atoms with Gasteiger partial charge in [-0.05, 0) is 38.1 Å². The zero-order valence-corrected chi connectivity index (χ0v) is 23.5. The van der Waals surface area contributed by atoms with E-state index < -0.39 is 6.09 Å². The van der Waals surface area contributed by atoms with E-state index >= 15 is 0 Å². The zero-order chi connectivity index (χ0) is 28.2. The molecule has 0 unspecified atom stereocenters. The van der Waals surface area contributed by atoms with E-state index in [0.29, 0.717) is 55.7 Å². The van der Waals surface area contributed by atoms with Crippen molar-refractivity contribution in [1.82, 2.24) is 15.5 Å². The molecule has 2 aromatic carbocycles. The van der Waals surface area contributed by atoms with E-state index in [0.717, 1.165) is 12.0 Å². The monoisotopic (exact) mass is 543 g/mol. The first-order valence-corrected chi connectivity index (χ1v) is 13.3. The summed E-state index contributed by atoms with van der Waals surface area (Å²) >= 11 is 0. The summed E-state index contributed by atoms with van der Waals surface area (Å²) in [6, 6.07) is 12.6. The molecule has 0 bridgehead atoms. The van der Waals surface area contributed by atoms with Crippen molar-refractivity contribution in [2.75, 3.05) is 54.2 Å². The SMILES string of the molecule is COCCCOc1cc(C(=O)N(C[C@@H]2CNC[C@H]2OC(=O)NCc2ccccc2OC)C(C)C)ccc1OC. The van der Waals surface area contributed by atoms with Crippen LogP contribution in [0.1, 0.15) is 36.2 Å². The molecule has 0 radical (unpaired) electrons. The lowest BCUT2D eigenvalue weighted by Gasteiger charge is -2.31. The first-order chi connectivity index (χ1) is 18.9. The Bertz CT molecular complexity index is 1080. The van der Waals surface area contributed by atoms with Gasteiger partial charge in [-0.25, -0.2) is 4.79 Å². The minimum Gasteiger partial charge on any atom is -0.496 e. The van der Waals surface area contributed by atoms with Crippen molar-refractivity contribution in [3.63, 3.8) is 0 Å². The van der Waals surface area contributed by atoms with Crippen molar-refractivity contribution in [3.8, 4) is 17.2 Å². The van der Waals surface area contributed by atoms with E-state index in [1.807, 2.05) is 38.1 Å². The standard InChI is InChI=1S/C29H41N3O7/c1-20(2)32(28(33)21-11-12-25(37-5)26(15-21)38-14-8-13-35-3)19-23-16-30-18-27(23)39-29(34)31-17-22-9-6-7-10-24(22)36-4/h6-7,9-12,15,20,23,27,30H,8,13-14,16-19H2,1-5H3,(H,31,34)/t23-,27+/m0/s1. The number of para-hydroxylation sites is 1. The molecule has 1 aliphatic heterocycles. The average Bonchev–Trinajstić information content (AvgIpc) is 3.38. The Labute approximate surface area is 230 Å². The van der Waals surface area contributed by atoms with Crippen molar-refractivity contribution in [3.05, 3.63) is 53.6 Å². The Morgan fingerprint density at radius 3 is 2.49 bits per heavy atom. The van der Waals surface area contributed by atoms with Gasteiger partial charge in [0.15, 0.2) is 11.5 Å². The molecule has 0 aromatic heterocycles. The number of benzene rings is 2. The van der Waals surface area contributed by atoms with E-state index in [1.54, 1.807) is 44.4 Å². The van der Waals surface area contributed by atoms with Crippen LogP contribution in [0.15, 0.2) is 42.5 Å². The maximum atomic E-state index is 13.6. The van der Waals surface area contributed by atoms with Gasteiger partial charge in [0.25, 0.3) is 5.91 Å². The molecule has 2 atom stereocenters. The van der Waals surface area contributed by atoms with Crippen LogP contribution in [0, 0.1) is 5.92 Å². The second-order valence-electron chi connectivity index (χ2n) is 9.64. The zero-order valence-electron chi connectivity index (χ0n) is 23.5. The lowest BCUT2D eigenvalue weighted by Crippen LogP contribution is -2.44. The normalized spacial score (nSPS) is 16.6. The van der Waals surface area contributed by atoms with Crippen LogP contribution >= 0.6 is 0 Å². The number of alkyl carbamates (subject to hydrolysis) is 1. The third-order valence-corrected chi connectivity index (χ3v) is 6.63. The molecule has 1 aliphatic rings. The van der Waals surface area contributed by atoms with Gasteiger partial charge < -0.3 is 39.2 Å². The highest BCUT2D eigenvalue weighted by Gasteiger charge is 2.34. The molecule has 2 aromatic rings. The van der Waals surface area contributed by atoms with Crippen LogP contribution in [0.2, 0.25) is 0 Å². The number of carbonyl (C=O) groups is 2. The van der Waals surface area contributed by atoms with Gasteiger partial charge in [-0.1, -0.05) is 18.2 Å². The second-order valence-corrected chi connectivity index (χ2v) is 9.64. The van der Waals surface area contributed by atoms with Crippen LogP contribution in [0.3, 0.4) is 0 Å². The van der Waals surface area contributed by atoms with Gasteiger partial charge in [0.05, 0.1) is 20.8 Å². The van der Waals surface area contributed by atoms with Gasteiger partial charge in [-0.3, -0.25) is 4.79 Å². The van der Waals surface area contributed by atoms with Crippen LogP contribution in [0.25, 0.3) is 0 Å². The van der Waals surface area contributed by atoms with Crippen molar-refractivity contribution >= 4 is 12.0 Å².